The largest absolute Gasteiger partial charge is 0.379 e. The number of ether oxygens (including phenoxy) is 3. The Balaban J connectivity index is 1.18. The first-order chi connectivity index (χ1) is 18.2. The predicted molar refractivity (Wildman–Crippen MR) is 141 cm³/mol. The van der Waals surface area contributed by atoms with E-state index in [0.29, 0.717) is 18.7 Å². The normalized spacial score (nSPS) is 25.6. The molecule has 0 spiro atoms. The van der Waals surface area contributed by atoms with Gasteiger partial charge in [0.15, 0.2) is 0 Å². The molecule has 3 aliphatic heterocycles. The van der Waals surface area contributed by atoms with E-state index in [4.69, 9.17) is 14.2 Å². The topological polar surface area (TPSA) is 92.0 Å². The third-order valence-corrected chi connectivity index (χ3v) is 8.24. The van der Waals surface area contributed by atoms with Crippen molar-refractivity contribution >= 4 is 22.4 Å². The Bertz CT molecular complexity index is 1170. The highest BCUT2D eigenvalue weighted by Crippen LogP contribution is 2.32. The first-order valence-electron chi connectivity index (χ1n) is 13.6. The Morgan fingerprint density at radius 1 is 1.00 bits per heavy atom. The molecule has 9 nitrogen and oxygen atoms in total. The van der Waals surface area contributed by atoms with Crippen molar-refractivity contribution in [3.8, 4) is 0 Å². The van der Waals surface area contributed by atoms with Gasteiger partial charge in [0.1, 0.15) is 0 Å². The van der Waals surface area contributed by atoms with Crippen molar-refractivity contribution in [3.05, 3.63) is 47.3 Å². The van der Waals surface area contributed by atoms with Crippen LogP contribution in [0.2, 0.25) is 0 Å². The first kappa shape index (κ1) is 24.6. The lowest BCUT2D eigenvalue weighted by Gasteiger charge is -2.47. The summed E-state index contributed by atoms with van der Waals surface area (Å²) in [5.41, 5.74) is 4.94. The number of fused-ring (bicyclic) bond motifs is 1. The average Bonchev–Trinajstić information content (AvgIpc) is 3.41. The number of morpholine rings is 2. The molecular weight excluding hydrogens is 470 g/mol. The van der Waals surface area contributed by atoms with E-state index < -0.39 is 0 Å². The Hall–Kier alpha value is -2.72. The van der Waals surface area contributed by atoms with Crippen LogP contribution in [0.4, 0.5) is 0 Å². The smallest absolute Gasteiger partial charge is 0.251 e. The molecule has 4 aliphatic rings. The van der Waals surface area contributed by atoms with Crippen molar-refractivity contribution in [1.82, 2.24) is 25.3 Å². The maximum absolute atomic E-state index is 13.3. The molecule has 1 atom stereocenters. The van der Waals surface area contributed by atoms with Crippen molar-refractivity contribution < 1.29 is 19.0 Å². The third-order valence-electron chi connectivity index (χ3n) is 8.24. The Kier molecular flexibility index (Phi) is 7.28. The molecule has 4 heterocycles. The zero-order chi connectivity index (χ0) is 25.1. The number of carbonyl (C=O) groups is 1. The number of allylic oxidation sites excluding steroid dienone is 4. The van der Waals surface area contributed by atoms with E-state index >= 15 is 0 Å². The van der Waals surface area contributed by atoms with Gasteiger partial charge in [-0.3, -0.25) is 14.8 Å². The monoisotopic (exact) mass is 507 g/mol. The molecule has 0 radical (unpaired) electrons. The molecule has 1 aromatic heterocycles. The molecule has 2 N–H and O–H groups in total. The summed E-state index contributed by atoms with van der Waals surface area (Å²) in [6.45, 7) is 8.72. The Morgan fingerprint density at radius 2 is 1.81 bits per heavy atom. The maximum Gasteiger partial charge on any atom is 0.251 e. The van der Waals surface area contributed by atoms with Crippen LogP contribution < -0.4 is 5.32 Å². The van der Waals surface area contributed by atoms with Gasteiger partial charge in [0.05, 0.1) is 49.8 Å². The lowest BCUT2D eigenvalue weighted by molar-refractivity contribution is -0.0840. The van der Waals surface area contributed by atoms with Crippen molar-refractivity contribution in [2.75, 3.05) is 72.4 Å². The third kappa shape index (κ3) is 5.18. The number of aromatic amines is 1. The number of hydrogen-bond donors (Lipinski definition) is 2. The van der Waals surface area contributed by atoms with Crippen LogP contribution >= 0.6 is 0 Å². The van der Waals surface area contributed by atoms with E-state index in [9.17, 15) is 4.79 Å². The molecule has 0 saturated carbocycles. The molecule has 3 fully saturated rings. The number of hydrogen-bond acceptors (Lipinski definition) is 7. The lowest BCUT2D eigenvalue weighted by atomic mass is 9.89. The zero-order valence-electron chi connectivity index (χ0n) is 21.5. The molecule has 3 saturated heterocycles. The first-order valence-corrected chi connectivity index (χ1v) is 13.6. The van der Waals surface area contributed by atoms with Gasteiger partial charge in [-0.2, -0.15) is 5.10 Å². The van der Waals surface area contributed by atoms with Gasteiger partial charge in [-0.1, -0.05) is 6.08 Å². The molecule has 1 amide bonds. The molecule has 1 aliphatic carbocycles. The second-order valence-corrected chi connectivity index (χ2v) is 10.4. The van der Waals surface area contributed by atoms with Gasteiger partial charge in [0.25, 0.3) is 5.91 Å². The van der Waals surface area contributed by atoms with E-state index in [2.05, 4.69) is 37.5 Å². The quantitative estimate of drug-likeness (QED) is 0.621. The van der Waals surface area contributed by atoms with Gasteiger partial charge in [-0.05, 0) is 55.5 Å². The van der Waals surface area contributed by atoms with Gasteiger partial charge < -0.3 is 24.4 Å². The van der Waals surface area contributed by atoms with Crippen molar-refractivity contribution in [2.24, 2.45) is 0 Å². The number of nitrogens with zero attached hydrogens (tertiary/aromatic N) is 3. The summed E-state index contributed by atoms with van der Waals surface area (Å²) < 4.78 is 16.9. The van der Waals surface area contributed by atoms with Gasteiger partial charge in [-0.15, -0.1) is 0 Å². The Labute approximate surface area is 217 Å². The second-order valence-electron chi connectivity index (χ2n) is 10.4. The summed E-state index contributed by atoms with van der Waals surface area (Å²) in [4.78, 5) is 18.2. The molecule has 1 aromatic carbocycles. The second kappa shape index (κ2) is 10.9. The summed E-state index contributed by atoms with van der Waals surface area (Å²) in [5.74, 6) is -0.0561. The van der Waals surface area contributed by atoms with E-state index in [1.54, 1.807) is 0 Å². The van der Waals surface area contributed by atoms with Gasteiger partial charge in [0.2, 0.25) is 0 Å². The number of nitrogens with one attached hydrogen (secondary N) is 2. The number of carbonyl (C=O) groups excluding carboxylic acids is 1. The summed E-state index contributed by atoms with van der Waals surface area (Å²) in [6.07, 6.45) is 8.36. The number of aromatic nitrogens is 2. The molecule has 6 rings (SSSR count). The van der Waals surface area contributed by atoms with Crippen molar-refractivity contribution in [3.63, 3.8) is 0 Å². The van der Waals surface area contributed by atoms with Crippen LogP contribution in [0, 0.1) is 0 Å². The summed E-state index contributed by atoms with van der Waals surface area (Å²) in [7, 11) is 0. The fraction of sp³-hybridized carbons (Fsp3) is 0.571. The highest BCUT2D eigenvalue weighted by molar-refractivity contribution is 6.00. The van der Waals surface area contributed by atoms with Crippen LogP contribution in [-0.2, 0) is 14.2 Å². The van der Waals surface area contributed by atoms with E-state index in [-0.39, 0.29) is 11.4 Å². The fourth-order valence-electron chi connectivity index (χ4n) is 6.06. The minimum absolute atomic E-state index is 0.0561. The molecular formula is C28H37N5O4. The minimum atomic E-state index is -0.167. The molecule has 2 aromatic rings. The van der Waals surface area contributed by atoms with E-state index in [1.807, 2.05) is 18.2 Å². The van der Waals surface area contributed by atoms with Gasteiger partial charge in [0, 0.05) is 56.0 Å². The SMILES string of the molecule is O=C(NCC1(N2CCOCC2)CCCOC1)c1ccc2[nH]nc(C3=CC=C(N4CCOCC4)CC3)c2c1. The number of benzene rings is 1. The fourth-order valence-corrected chi connectivity index (χ4v) is 6.06. The van der Waals surface area contributed by atoms with Crippen LogP contribution in [0.3, 0.4) is 0 Å². The zero-order valence-corrected chi connectivity index (χ0v) is 21.5. The van der Waals surface area contributed by atoms with Crippen LogP contribution in [0.15, 0.2) is 36.0 Å². The maximum atomic E-state index is 13.3. The highest BCUT2D eigenvalue weighted by atomic mass is 16.5. The molecule has 1 unspecified atom stereocenters. The minimum Gasteiger partial charge on any atom is -0.379 e. The van der Waals surface area contributed by atoms with Crippen LogP contribution in [0.25, 0.3) is 16.5 Å². The summed E-state index contributed by atoms with van der Waals surface area (Å²) in [6, 6.07) is 5.81. The van der Waals surface area contributed by atoms with E-state index in [0.717, 1.165) is 101 Å². The molecule has 37 heavy (non-hydrogen) atoms. The predicted octanol–water partition coefficient (Wildman–Crippen LogP) is 2.57. The highest BCUT2D eigenvalue weighted by Gasteiger charge is 2.40. The molecule has 198 valence electrons. The summed E-state index contributed by atoms with van der Waals surface area (Å²) >= 11 is 0. The summed E-state index contributed by atoms with van der Waals surface area (Å²) in [5, 5.41) is 12.0. The van der Waals surface area contributed by atoms with Crippen molar-refractivity contribution in [2.45, 2.75) is 31.2 Å². The number of rotatable bonds is 6. The van der Waals surface area contributed by atoms with Crippen LogP contribution in [0.1, 0.15) is 41.7 Å². The van der Waals surface area contributed by atoms with Crippen LogP contribution in [-0.4, -0.2) is 104 Å². The number of H-pyrrole nitrogens is 1. The van der Waals surface area contributed by atoms with Crippen LogP contribution in [0.5, 0.6) is 0 Å². The lowest BCUT2D eigenvalue weighted by Crippen LogP contribution is -2.62. The molecule has 9 heteroatoms. The van der Waals surface area contributed by atoms with Gasteiger partial charge in [-0.25, -0.2) is 0 Å². The molecule has 0 bridgehead atoms. The van der Waals surface area contributed by atoms with Gasteiger partial charge >= 0.3 is 0 Å². The average molecular weight is 508 g/mol. The van der Waals surface area contributed by atoms with E-state index in [1.165, 1.54) is 11.3 Å². The Morgan fingerprint density at radius 3 is 2.54 bits per heavy atom. The van der Waals surface area contributed by atoms with Crippen molar-refractivity contribution in [1.29, 1.82) is 0 Å². The number of amides is 1. The standard InChI is InChI=1S/C28H37N5O4/c34-27(29-19-28(8-1-13-37-20-28)33-11-16-36-17-12-33)22-4-7-25-24(18-22)26(31-30-25)21-2-5-23(6-3-21)32-9-14-35-15-10-32/h2,4-5,7,18H,1,3,6,8-17,19-20H2,(H,29,34)(H,30,31).